The van der Waals surface area contributed by atoms with Crippen LogP contribution in [-0.2, 0) is 5.54 Å². The molecule has 0 radical (unpaired) electrons. The van der Waals surface area contributed by atoms with Crippen LogP contribution in [0.5, 0.6) is 0 Å². The van der Waals surface area contributed by atoms with Crippen LogP contribution in [0.25, 0.3) is 11.0 Å². The van der Waals surface area contributed by atoms with E-state index in [0.717, 1.165) is 23.0 Å². The molecule has 0 saturated heterocycles. The van der Waals surface area contributed by atoms with Crippen molar-refractivity contribution in [2.75, 3.05) is 4.90 Å². The summed E-state index contributed by atoms with van der Waals surface area (Å²) in [7, 11) is 0. The van der Waals surface area contributed by atoms with Crippen molar-refractivity contribution in [1.82, 2.24) is 15.0 Å². The van der Waals surface area contributed by atoms with Crippen LogP contribution < -0.4 is 4.90 Å². The third kappa shape index (κ3) is 2.97. The Balaban J connectivity index is 1.81. The first-order chi connectivity index (χ1) is 14.9. The fraction of sp³-hybridized carbons (Fsp3) is 0.364. The maximum Gasteiger partial charge on any atom is 0.234 e. The number of benzene rings is 1. The molecule has 3 atom stereocenters. The summed E-state index contributed by atoms with van der Waals surface area (Å²) >= 11 is 12.2. The molecule has 1 saturated carbocycles. The molecule has 5 rings (SSSR count). The van der Waals surface area contributed by atoms with Crippen LogP contribution in [0.2, 0.25) is 10.6 Å². The zero-order chi connectivity index (χ0) is 21.8. The SMILES string of the molecule is CCC12CC=N/C=C\C(F)N(c3nc(Cl)nc(Cl)n3)C1(c1oc3ccccc3c1C)C2. The Kier molecular flexibility index (Phi) is 4.79. The van der Waals surface area contributed by atoms with Gasteiger partial charge in [0.25, 0.3) is 0 Å². The summed E-state index contributed by atoms with van der Waals surface area (Å²) in [5.74, 6) is 0.772. The first-order valence-corrected chi connectivity index (χ1v) is 10.8. The van der Waals surface area contributed by atoms with Gasteiger partial charge < -0.3 is 4.42 Å². The van der Waals surface area contributed by atoms with E-state index in [2.05, 4.69) is 26.9 Å². The number of aryl methyl sites for hydroxylation is 1. The van der Waals surface area contributed by atoms with Gasteiger partial charge in [0.2, 0.25) is 16.5 Å². The lowest BCUT2D eigenvalue weighted by molar-refractivity contribution is 0.274. The first kappa shape index (κ1) is 20.4. The number of hydrogen-bond acceptors (Lipinski definition) is 6. The topological polar surface area (TPSA) is 67.4 Å². The molecule has 0 amide bonds. The lowest BCUT2D eigenvalue weighted by Crippen LogP contribution is -2.45. The predicted molar refractivity (Wildman–Crippen MR) is 119 cm³/mol. The van der Waals surface area contributed by atoms with Gasteiger partial charge in [-0.3, -0.25) is 9.89 Å². The molecule has 0 spiro atoms. The number of aromatic nitrogens is 3. The molecule has 3 aromatic rings. The normalized spacial score (nSPS) is 28.7. The molecule has 1 aliphatic carbocycles. The Hall–Kier alpha value is -2.51. The summed E-state index contributed by atoms with van der Waals surface area (Å²) in [4.78, 5) is 18.1. The smallest absolute Gasteiger partial charge is 0.234 e. The molecule has 1 fully saturated rings. The van der Waals surface area contributed by atoms with Crippen LogP contribution in [0.1, 0.15) is 37.5 Å². The van der Waals surface area contributed by atoms with E-state index >= 15 is 4.39 Å². The maximum absolute atomic E-state index is 15.9. The molecule has 2 aliphatic rings. The van der Waals surface area contributed by atoms with Gasteiger partial charge in [0.1, 0.15) is 16.9 Å². The van der Waals surface area contributed by atoms with Gasteiger partial charge in [-0.15, -0.1) is 0 Å². The molecule has 0 N–H and O–H groups in total. The molecular formula is C22H20Cl2FN5O. The number of anilines is 1. The van der Waals surface area contributed by atoms with Crippen LogP contribution in [-0.4, -0.2) is 27.5 Å². The Bertz CT molecular complexity index is 1210. The van der Waals surface area contributed by atoms with Gasteiger partial charge in [-0.1, -0.05) is 25.1 Å². The highest BCUT2D eigenvalue weighted by atomic mass is 35.5. The number of fused-ring (bicyclic) bond motifs is 2. The molecule has 9 heteroatoms. The van der Waals surface area contributed by atoms with Gasteiger partial charge in [-0.2, -0.15) is 15.0 Å². The van der Waals surface area contributed by atoms with Crippen molar-refractivity contribution < 1.29 is 8.81 Å². The number of alkyl halides is 1. The lowest BCUT2D eigenvalue weighted by Gasteiger charge is -2.36. The fourth-order valence-electron chi connectivity index (χ4n) is 5.00. The number of rotatable bonds is 3. The molecule has 3 unspecified atom stereocenters. The van der Waals surface area contributed by atoms with Crippen molar-refractivity contribution in [2.45, 2.75) is 44.9 Å². The molecule has 1 aliphatic heterocycles. The Morgan fingerprint density at radius 2 is 1.94 bits per heavy atom. The number of aliphatic imine (C=N–C) groups is 1. The van der Waals surface area contributed by atoms with E-state index in [1.807, 2.05) is 37.4 Å². The van der Waals surface area contributed by atoms with Gasteiger partial charge in [0.15, 0.2) is 6.30 Å². The second-order valence-corrected chi connectivity index (χ2v) is 8.69. The second-order valence-electron chi connectivity index (χ2n) is 8.02. The minimum atomic E-state index is -1.58. The van der Waals surface area contributed by atoms with Crippen molar-refractivity contribution in [3.8, 4) is 0 Å². The third-order valence-electron chi connectivity index (χ3n) is 6.60. The van der Waals surface area contributed by atoms with E-state index in [1.54, 1.807) is 0 Å². The number of nitrogens with zero attached hydrogens (tertiary/aromatic N) is 5. The number of halogens is 3. The summed E-state index contributed by atoms with van der Waals surface area (Å²) in [6.07, 6.45) is 5.17. The maximum atomic E-state index is 15.9. The Labute approximate surface area is 188 Å². The molecule has 2 aromatic heterocycles. The van der Waals surface area contributed by atoms with E-state index < -0.39 is 11.8 Å². The minimum absolute atomic E-state index is 0.0687. The van der Waals surface area contributed by atoms with Crippen molar-refractivity contribution in [3.05, 3.63) is 58.4 Å². The minimum Gasteiger partial charge on any atom is -0.458 e. The molecule has 6 nitrogen and oxygen atoms in total. The van der Waals surface area contributed by atoms with Crippen molar-refractivity contribution in [2.24, 2.45) is 10.4 Å². The Morgan fingerprint density at radius 1 is 1.19 bits per heavy atom. The lowest BCUT2D eigenvalue weighted by atomic mass is 9.88. The highest BCUT2D eigenvalue weighted by molar-refractivity contribution is 6.31. The third-order valence-corrected chi connectivity index (χ3v) is 6.94. The number of hydrogen-bond donors (Lipinski definition) is 0. The van der Waals surface area contributed by atoms with Crippen molar-refractivity contribution in [3.63, 3.8) is 0 Å². The monoisotopic (exact) mass is 459 g/mol. The molecule has 1 aromatic carbocycles. The van der Waals surface area contributed by atoms with E-state index in [4.69, 9.17) is 27.6 Å². The average molecular weight is 460 g/mol. The van der Waals surface area contributed by atoms with Crippen LogP contribution in [0.3, 0.4) is 0 Å². The summed E-state index contributed by atoms with van der Waals surface area (Å²) < 4.78 is 22.2. The fourth-order valence-corrected chi connectivity index (χ4v) is 5.35. The number of furan rings is 1. The van der Waals surface area contributed by atoms with Gasteiger partial charge in [-0.05, 0) is 61.5 Å². The molecule has 160 valence electrons. The van der Waals surface area contributed by atoms with Gasteiger partial charge >= 0.3 is 0 Å². The van der Waals surface area contributed by atoms with Gasteiger partial charge in [0, 0.05) is 28.8 Å². The molecule has 0 bridgehead atoms. The van der Waals surface area contributed by atoms with Crippen LogP contribution in [0.15, 0.2) is 46.0 Å². The molecule has 31 heavy (non-hydrogen) atoms. The van der Waals surface area contributed by atoms with Gasteiger partial charge in [-0.25, -0.2) is 4.39 Å². The highest BCUT2D eigenvalue weighted by Crippen LogP contribution is 2.71. The summed E-state index contributed by atoms with van der Waals surface area (Å²) in [5, 5.41) is 0.804. The number of para-hydroxylation sites is 1. The van der Waals surface area contributed by atoms with E-state index in [-0.39, 0.29) is 21.9 Å². The van der Waals surface area contributed by atoms with E-state index in [1.165, 1.54) is 17.2 Å². The largest absolute Gasteiger partial charge is 0.458 e. The van der Waals surface area contributed by atoms with E-state index in [9.17, 15) is 0 Å². The van der Waals surface area contributed by atoms with Gasteiger partial charge in [0.05, 0.1) is 0 Å². The summed E-state index contributed by atoms with van der Waals surface area (Å²) in [6.45, 7) is 4.10. The first-order valence-electron chi connectivity index (χ1n) is 10.1. The molecule has 3 heterocycles. The predicted octanol–water partition coefficient (Wildman–Crippen LogP) is 6.02. The Morgan fingerprint density at radius 3 is 2.65 bits per heavy atom. The summed E-state index contributed by atoms with van der Waals surface area (Å²) in [5.41, 5.74) is 0.567. The summed E-state index contributed by atoms with van der Waals surface area (Å²) in [6, 6.07) is 7.82. The van der Waals surface area contributed by atoms with Crippen molar-refractivity contribution >= 4 is 46.3 Å². The molecular weight excluding hydrogens is 440 g/mol. The second kappa shape index (κ2) is 7.28. The van der Waals surface area contributed by atoms with Crippen LogP contribution in [0.4, 0.5) is 10.3 Å². The van der Waals surface area contributed by atoms with Crippen molar-refractivity contribution in [1.29, 1.82) is 0 Å². The average Bonchev–Trinajstić information content (AvgIpc) is 3.25. The highest BCUT2D eigenvalue weighted by Gasteiger charge is 2.73. The zero-order valence-electron chi connectivity index (χ0n) is 17.0. The zero-order valence-corrected chi connectivity index (χ0v) is 18.5. The quantitative estimate of drug-likeness (QED) is 0.448. The van der Waals surface area contributed by atoms with E-state index in [0.29, 0.717) is 18.6 Å². The standard InChI is InChI=1S/C22H20Cl2FN5O/c1-3-21-9-11-26-10-8-16(25)30(20-28-18(23)27-19(24)29-20)22(21,12-21)17-13(2)14-6-4-5-7-15(14)31-17/h4-8,10-11,16H,3,9,12H2,1-2H3/b10-8-,26-11?. The van der Waals surface area contributed by atoms with Crippen LogP contribution >= 0.6 is 23.2 Å². The van der Waals surface area contributed by atoms with Crippen LogP contribution in [0, 0.1) is 12.3 Å².